The van der Waals surface area contributed by atoms with E-state index in [-0.39, 0.29) is 0 Å². The molecule has 0 saturated carbocycles. The van der Waals surface area contributed by atoms with E-state index in [0.717, 1.165) is 16.6 Å². The summed E-state index contributed by atoms with van der Waals surface area (Å²) in [4.78, 5) is 18.3. The van der Waals surface area contributed by atoms with Crippen LogP contribution in [0.1, 0.15) is 0 Å². The van der Waals surface area contributed by atoms with Crippen molar-refractivity contribution in [2.45, 2.75) is 0 Å². The second-order valence-corrected chi connectivity index (χ2v) is 5.96. The van der Waals surface area contributed by atoms with Gasteiger partial charge in [-0.3, -0.25) is 0 Å². The van der Waals surface area contributed by atoms with Crippen LogP contribution in [-0.4, -0.2) is 24.9 Å². The van der Waals surface area contributed by atoms with Gasteiger partial charge < -0.3 is 10.3 Å². The highest BCUT2D eigenvalue weighted by atomic mass is 35.5. The predicted octanol–water partition coefficient (Wildman–Crippen LogP) is 5.14. The van der Waals surface area contributed by atoms with Gasteiger partial charge >= 0.3 is 0 Å². The van der Waals surface area contributed by atoms with Crippen LogP contribution < -0.4 is 5.32 Å². The van der Waals surface area contributed by atoms with E-state index in [1.165, 1.54) is 18.7 Å². The van der Waals surface area contributed by atoms with Gasteiger partial charge in [0.15, 0.2) is 0 Å². The summed E-state index contributed by atoms with van der Waals surface area (Å²) in [6.07, 6.45) is 4.65. The maximum atomic E-state index is 5.79. The number of nitrogens with zero attached hydrogens (tertiary/aromatic N) is 4. The van der Waals surface area contributed by atoms with Crippen LogP contribution >= 0.6 is 34.8 Å². The molecule has 0 saturated heterocycles. The number of rotatable bonds is 2. The molecule has 0 aliphatic carbocycles. The van der Waals surface area contributed by atoms with Gasteiger partial charge in [-0.25, -0.2) is 19.9 Å². The molecule has 0 bridgehead atoms. The molecule has 4 aromatic rings. The third kappa shape index (κ3) is 5.03. The molecule has 0 radical (unpaired) electrons. The minimum absolute atomic E-state index is 0.366. The summed E-state index contributed by atoms with van der Waals surface area (Å²) >= 11 is 16.6. The summed E-state index contributed by atoms with van der Waals surface area (Å²) in [7, 11) is 0. The first-order valence-electron chi connectivity index (χ1n) is 7.05. The molecule has 0 aliphatic heterocycles. The van der Waals surface area contributed by atoms with Crippen molar-refractivity contribution in [3.63, 3.8) is 0 Å². The fraction of sp³-hybridized carbons (Fsp3) is 0. The minimum atomic E-state index is 0.366. The van der Waals surface area contributed by atoms with E-state index in [4.69, 9.17) is 34.8 Å². The molecule has 6 nitrogen and oxygen atoms in total. The Morgan fingerprint density at radius 2 is 1.44 bits per heavy atom. The van der Waals surface area contributed by atoms with Gasteiger partial charge in [-0.05, 0) is 24.3 Å². The number of H-pyrrole nitrogens is 1. The van der Waals surface area contributed by atoms with E-state index in [1.807, 2.05) is 30.5 Å². The topological polar surface area (TPSA) is 79.4 Å². The lowest BCUT2D eigenvalue weighted by Gasteiger charge is -2.05. The van der Waals surface area contributed by atoms with Crippen LogP contribution in [0.5, 0.6) is 0 Å². The Hall–Kier alpha value is -2.41. The zero-order chi connectivity index (χ0) is 17.6. The first-order valence-corrected chi connectivity index (χ1v) is 8.18. The number of fused-ring (bicyclic) bond motifs is 1. The number of aromatic amines is 1. The number of aromatic nitrogens is 5. The first kappa shape index (κ1) is 17.4. The van der Waals surface area contributed by atoms with Crippen molar-refractivity contribution in [3.8, 4) is 0 Å². The Balaban J connectivity index is 0.000000192. The van der Waals surface area contributed by atoms with Crippen molar-refractivity contribution in [1.29, 1.82) is 0 Å². The Kier molecular flexibility index (Phi) is 5.65. The van der Waals surface area contributed by atoms with Crippen molar-refractivity contribution in [1.82, 2.24) is 24.9 Å². The highest BCUT2D eigenvalue weighted by Crippen LogP contribution is 2.21. The Bertz CT molecular complexity index is 971. The maximum Gasteiger partial charge on any atom is 0.135 e. The van der Waals surface area contributed by atoms with Crippen molar-refractivity contribution in [3.05, 3.63) is 70.7 Å². The summed E-state index contributed by atoms with van der Waals surface area (Å²) in [6.45, 7) is 0. The SMILES string of the molecule is Clc1cc(Cl)ncn1.Clc1cc(Nc2ccc3[nH]ccc3c2)ncn1. The molecule has 4 rings (SSSR count). The molecule has 0 atom stereocenters. The summed E-state index contributed by atoms with van der Waals surface area (Å²) in [6, 6.07) is 11.2. The Morgan fingerprint density at radius 1 is 0.760 bits per heavy atom. The molecule has 3 aromatic heterocycles. The van der Waals surface area contributed by atoms with Gasteiger partial charge in [0.2, 0.25) is 0 Å². The lowest BCUT2D eigenvalue weighted by molar-refractivity contribution is 1.17. The van der Waals surface area contributed by atoms with E-state index in [1.54, 1.807) is 6.07 Å². The lowest BCUT2D eigenvalue weighted by atomic mass is 10.2. The molecule has 0 amide bonds. The molecule has 0 aliphatic rings. The lowest BCUT2D eigenvalue weighted by Crippen LogP contribution is -1.93. The van der Waals surface area contributed by atoms with Crippen LogP contribution in [0, 0.1) is 0 Å². The molecule has 9 heteroatoms. The quantitative estimate of drug-likeness (QED) is 0.461. The normalized spacial score (nSPS) is 10.2. The molecule has 2 N–H and O–H groups in total. The standard InChI is InChI=1S/C12H9ClN4.C4H2Cl2N2/c13-11-6-12(16-7-15-11)17-9-1-2-10-8(5-9)3-4-14-10;5-3-1-4(6)8-2-7-3/h1-7,14H,(H,15,16,17);1-2H. The van der Waals surface area contributed by atoms with E-state index >= 15 is 0 Å². The first-order chi connectivity index (χ1) is 12.1. The molecular formula is C16H11Cl3N6. The maximum absolute atomic E-state index is 5.79. The van der Waals surface area contributed by atoms with Crippen molar-refractivity contribution < 1.29 is 0 Å². The number of benzene rings is 1. The van der Waals surface area contributed by atoms with Crippen molar-refractivity contribution in [2.24, 2.45) is 0 Å². The molecule has 126 valence electrons. The highest BCUT2D eigenvalue weighted by Gasteiger charge is 2.00. The van der Waals surface area contributed by atoms with E-state index in [2.05, 4.69) is 30.2 Å². The number of hydrogen-bond donors (Lipinski definition) is 2. The van der Waals surface area contributed by atoms with Gasteiger partial charge in [-0.2, -0.15) is 0 Å². The average molecular weight is 394 g/mol. The molecule has 1 aromatic carbocycles. The Morgan fingerprint density at radius 3 is 2.08 bits per heavy atom. The monoisotopic (exact) mass is 392 g/mol. The van der Waals surface area contributed by atoms with Gasteiger partial charge in [0.05, 0.1) is 0 Å². The van der Waals surface area contributed by atoms with Crippen LogP contribution in [-0.2, 0) is 0 Å². The fourth-order valence-corrected chi connectivity index (χ4v) is 2.49. The van der Waals surface area contributed by atoms with Gasteiger partial charge in [0.25, 0.3) is 0 Å². The van der Waals surface area contributed by atoms with E-state index in [0.29, 0.717) is 21.3 Å². The van der Waals surface area contributed by atoms with Crippen LogP contribution in [0.4, 0.5) is 11.5 Å². The molecular weight excluding hydrogens is 383 g/mol. The minimum Gasteiger partial charge on any atom is -0.361 e. The molecule has 0 unspecified atom stereocenters. The summed E-state index contributed by atoms with van der Waals surface area (Å²) < 4.78 is 0. The highest BCUT2D eigenvalue weighted by molar-refractivity contribution is 6.33. The van der Waals surface area contributed by atoms with Gasteiger partial charge in [-0.15, -0.1) is 0 Å². The summed E-state index contributed by atoms with van der Waals surface area (Å²) in [5.74, 6) is 0.680. The largest absolute Gasteiger partial charge is 0.361 e. The zero-order valence-corrected chi connectivity index (χ0v) is 14.9. The molecule has 25 heavy (non-hydrogen) atoms. The van der Waals surface area contributed by atoms with Crippen LogP contribution in [0.15, 0.2) is 55.2 Å². The molecule has 0 spiro atoms. The second-order valence-electron chi connectivity index (χ2n) is 4.79. The summed E-state index contributed by atoms with van der Waals surface area (Å²) in [5.41, 5.74) is 2.07. The van der Waals surface area contributed by atoms with E-state index < -0.39 is 0 Å². The number of hydrogen-bond acceptors (Lipinski definition) is 5. The van der Waals surface area contributed by atoms with Gasteiger partial charge in [0.1, 0.15) is 33.9 Å². The third-order valence-electron chi connectivity index (χ3n) is 3.06. The van der Waals surface area contributed by atoms with Crippen molar-refractivity contribution in [2.75, 3.05) is 5.32 Å². The smallest absolute Gasteiger partial charge is 0.135 e. The third-order valence-corrected chi connectivity index (χ3v) is 3.68. The van der Waals surface area contributed by atoms with Gasteiger partial charge in [0, 0.05) is 34.9 Å². The van der Waals surface area contributed by atoms with E-state index in [9.17, 15) is 0 Å². The van der Waals surface area contributed by atoms with Crippen LogP contribution in [0.2, 0.25) is 15.5 Å². The molecule has 0 fully saturated rings. The fourth-order valence-electron chi connectivity index (χ4n) is 1.99. The predicted molar refractivity (Wildman–Crippen MR) is 101 cm³/mol. The number of anilines is 2. The van der Waals surface area contributed by atoms with Gasteiger partial charge in [-0.1, -0.05) is 34.8 Å². The Labute approximate surface area is 158 Å². The van der Waals surface area contributed by atoms with Crippen LogP contribution in [0.25, 0.3) is 10.9 Å². The molecule has 3 heterocycles. The zero-order valence-electron chi connectivity index (χ0n) is 12.6. The average Bonchev–Trinajstić information content (AvgIpc) is 3.03. The van der Waals surface area contributed by atoms with Crippen molar-refractivity contribution >= 4 is 57.2 Å². The number of nitrogens with one attached hydrogen (secondary N) is 2. The van der Waals surface area contributed by atoms with Crippen LogP contribution in [0.3, 0.4) is 0 Å². The number of halogens is 3. The second kappa shape index (κ2) is 8.11. The summed E-state index contributed by atoms with van der Waals surface area (Å²) in [5, 5.41) is 5.48.